The van der Waals surface area contributed by atoms with Crippen molar-refractivity contribution in [3.63, 3.8) is 0 Å². The lowest BCUT2D eigenvalue weighted by Gasteiger charge is -2.27. The zero-order valence-electron chi connectivity index (χ0n) is 13.4. The Morgan fingerprint density at radius 3 is 2.68 bits per heavy atom. The van der Waals surface area contributed by atoms with E-state index in [0.717, 1.165) is 5.69 Å². The number of amides is 1. The molecule has 0 bridgehead atoms. The Hall–Kier alpha value is -1.63. The summed E-state index contributed by atoms with van der Waals surface area (Å²) in [5.74, 6) is -0.383. The topological polar surface area (TPSA) is 41.6 Å². The van der Waals surface area contributed by atoms with Gasteiger partial charge in [0.1, 0.15) is 5.82 Å². The van der Waals surface area contributed by atoms with Gasteiger partial charge in [-0.25, -0.2) is 4.39 Å². The largest absolute Gasteiger partial charge is 0.381 e. The number of carbonyl (C=O) groups is 1. The van der Waals surface area contributed by atoms with Crippen LogP contribution in [0.3, 0.4) is 0 Å². The number of morpholine rings is 1. The number of carbonyl (C=O) groups excluding carboxylic acids is 1. The van der Waals surface area contributed by atoms with E-state index >= 15 is 0 Å². The average Bonchev–Trinajstić information content (AvgIpc) is 2.61. The van der Waals surface area contributed by atoms with Crippen LogP contribution in [0, 0.1) is 5.82 Å². The molecule has 0 aromatic heterocycles. The SMILES string of the molecule is O=C(c1ccc(NCc2ccc(Br)cc2F)cc1Cl)N1CCOCC1. The third-order valence-electron chi connectivity index (χ3n) is 4.00. The predicted octanol–water partition coefficient (Wildman–Crippen LogP) is 4.33. The van der Waals surface area contributed by atoms with E-state index in [9.17, 15) is 9.18 Å². The first-order chi connectivity index (χ1) is 12.0. The molecule has 25 heavy (non-hydrogen) atoms. The maximum absolute atomic E-state index is 13.9. The van der Waals surface area contributed by atoms with Crippen LogP contribution in [-0.2, 0) is 11.3 Å². The Bertz CT molecular complexity index is 782. The summed E-state index contributed by atoms with van der Waals surface area (Å²) in [6.07, 6.45) is 0. The van der Waals surface area contributed by atoms with Crippen LogP contribution in [0.2, 0.25) is 5.02 Å². The van der Waals surface area contributed by atoms with Crippen molar-refractivity contribution in [1.82, 2.24) is 4.90 Å². The normalized spacial score (nSPS) is 14.4. The number of anilines is 1. The number of nitrogens with one attached hydrogen (secondary N) is 1. The van der Waals surface area contributed by atoms with Crippen LogP contribution in [-0.4, -0.2) is 37.1 Å². The minimum Gasteiger partial charge on any atom is -0.381 e. The predicted molar refractivity (Wildman–Crippen MR) is 99.6 cm³/mol. The summed E-state index contributed by atoms with van der Waals surface area (Å²) in [5.41, 5.74) is 1.74. The maximum Gasteiger partial charge on any atom is 0.255 e. The molecule has 132 valence electrons. The Morgan fingerprint density at radius 2 is 2.00 bits per heavy atom. The molecule has 0 radical (unpaired) electrons. The second-order valence-electron chi connectivity index (χ2n) is 5.69. The van der Waals surface area contributed by atoms with Gasteiger partial charge in [-0.05, 0) is 30.3 Å². The maximum atomic E-state index is 13.9. The molecule has 1 aliphatic rings. The summed E-state index contributed by atoms with van der Waals surface area (Å²) < 4.78 is 19.8. The molecular formula is C18H17BrClFN2O2. The Labute approximate surface area is 159 Å². The van der Waals surface area contributed by atoms with Crippen LogP contribution in [0.25, 0.3) is 0 Å². The number of hydrogen-bond donors (Lipinski definition) is 1. The van der Waals surface area contributed by atoms with Crippen molar-refractivity contribution >= 4 is 39.1 Å². The van der Waals surface area contributed by atoms with E-state index in [-0.39, 0.29) is 11.7 Å². The number of nitrogens with zero attached hydrogens (tertiary/aromatic N) is 1. The Balaban J connectivity index is 1.68. The summed E-state index contributed by atoms with van der Waals surface area (Å²) in [6, 6.07) is 10.1. The fourth-order valence-electron chi connectivity index (χ4n) is 2.60. The van der Waals surface area contributed by atoms with Crippen molar-refractivity contribution < 1.29 is 13.9 Å². The van der Waals surface area contributed by atoms with Crippen LogP contribution in [0.4, 0.5) is 10.1 Å². The van der Waals surface area contributed by atoms with Gasteiger partial charge in [-0.3, -0.25) is 4.79 Å². The summed E-state index contributed by atoms with van der Waals surface area (Å²) in [6.45, 7) is 2.55. The Morgan fingerprint density at radius 1 is 1.24 bits per heavy atom. The van der Waals surface area contributed by atoms with Gasteiger partial charge in [-0.15, -0.1) is 0 Å². The lowest BCUT2D eigenvalue weighted by atomic mass is 10.1. The fraction of sp³-hybridized carbons (Fsp3) is 0.278. The molecule has 0 aliphatic carbocycles. The van der Waals surface area contributed by atoms with Gasteiger partial charge >= 0.3 is 0 Å². The molecule has 4 nitrogen and oxygen atoms in total. The third kappa shape index (κ3) is 4.51. The molecule has 0 saturated carbocycles. The molecule has 7 heteroatoms. The standard InChI is InChI=1S/C18H17BrClFN2O2/c19-13-2-1-12(17(21)9-13)11-22-14-3-4-15(16(20)10-14)18(24)23-5-7-25-8-6-23/h1-4,9-10,22H,5-8,11H2. The van der Waals surface area contributed by atoms with E-state index in [4.69, 9.17) is 16.3 Å². The molecular weight excluding hydrogens is 411 g/mol. The quantitative estimate of drug-likeness (QED) is 0.790. The first-order valence-corrected chi connectivity index (χ1v) is 9.06. The third-order valence-corrected chi connectivity index (χ3v) is 4.80. The summed E-state index contributed by atoms with van der Waals surface area (Å²) in [7, 11) is 0. The molecule has 1 saturated heterocycles. The highest BCUT2D eigenvalue weighted by Gasteiger charge is 2.20. The molecule has 2 aromatic rings. The molecule has 1 amide bonds. The first kappa shape index (κ1) is 18.2. The molecule has 1 fully saturated rings. The number of rotatable bonds is 4. The minimum absolute atomic E-state index is 0.0983. The summed E-state index contributed by atoms with van der Waals surface area (Å²) >= 11 is 9.51. The van der Waals surface area contributed by atoms with Crippen molar-refractivity contribution in [2.45, 2.75) is 6.54 Å². The minimum atomic E-state index is -0.285. The van der Waals surface area contributed by atoms with Crippen LogP contribution in [0.15, 0.2) is 40.9 Å². The van der Waals surface area contributed by atoms with E-state index in [1.54, 1.807) is 35.2 Å². The highest BCUT2D eigenvalue weighted by atomic mass is 79.9. The molecule has 0 spiro atoms. The van der Waals surface area contributed by atoms with Gasteiger partial charge in [0.25, 0.3) is 5.91 Å². The Kier molecular flexibility index (Phi) is 5.93. The van der Waals surface area contributed by atoms with Crippen molar-refractivity contribution in [2.75, 3.05) is 31.6 Å². The molecule has 2 aromatic carbocycles. The van der Waals surface area contributed by atoms with Crippen LogP contribution in [0.1, 0.15) is 15.9 Å². The van der Waals surface area contributed by atoms with E-state index in [1.165, 1.54) is 6.07 Å². The van der Waals surface area contributed by atoms with Crippen molar-refractivity contribution in [3.8, 4) is 0 Å². The van der Waals surface area contributed by atoms with Gasteiger partial charge in [0, 0.05) is 35.4 Å². The average molecular weight is 428 g/mol. The van der Waals surface area contributed by atoms with Crippen molar-refractivity contribution in [1.29, 1.82) is 0 Å². The molecule has 1 heterocycles. The second-order valence-corrected chi connectivity index (χ2v) is 7.01. The second kappa shape index (κ2) is 8.17. The summed E-state index contributed by atoms with van der Waals surface area (Å²) in [5, 5.41) is 3.50. The smallest absolute Gasteiger partial charge is 0.255 e. The lowest BCUT2D eigenvalue weighted by molar-refractivity contribution is 0.0303. The van der Waals surface area contributed by atoms with Gasteiger partial charge < -0.3 is 15.0 Å². The molecule has 1 aliphatic heterocycles. The van der Waals surface area contributed by atoms with Crippen LogP contribution >= 0.6 is 27.5 Å². The number of halogens is 3. The van der Waals surface area contributed by atoms with Crippen LogP contribution < -0.4 is 5.32 Å². The van der Waals surface area contributed by atoms with Gasteiger partial charge in [-0.1, -0.05) is 33.6 Å². The van der Waals surface area contributed by atoms with Gasteiger partial charge in [0.05, 0.1) is 23.8 Å². The number of ether oxygens (including phenoxy) is 1. The van der Waals surface area contributed by atoms with Crippen molar-refractivity contribution in [2.24, 2.45) is 0 Å². The monoisotopic (exact) mass is 426 g/mol. The summed E-state index contributed by atoms with van der Waals surface area (Å²) in [4.78, 5) is 14.2. The fourth-order valence-corrected chi connectivity index (χ4v) is 3.19. The van der Waals surface area contributed by atoms with E-state index < -0.39 is 0 Å². The zero-order valence-corrected chi connectivity index (χ0v) is 15.7. The molecule has 1 N–H and O–H groups in total. The first-order valence-electron chi connectivity index (χ1n) is 7.89. The van der Waals surface area contributed by atoms with E-state index in [2.05, 4.69) is 21.2 Å². The number of hydrogen-bond acceptors (Lipinski definition) is 3. The molecule has 0 unspecified atom stereocenters. The zero-order chi connectivity index (χ0) is 17.8. The highest BCUT2D eigenvalue weighted by molar-refractivity contribution is 9.10. The van der Waals surface area contributed by atoms with Gasteiger partial charge in [-0.2, -0.15) is 0 Å². The van der Waals surface area contributed by atoms with Crippen LogP contribution in [0.5, 0.6) is 0 Å². The highest BCUT2D eigenvalue weighted by Crippen LogP contribution is 2.24. The molecule has 0 atom stereocenters. The van der Waals surface area contributed by atoms with Gasteiger partial charge in [0.2, 0.25) is 0 Å². The lowest BCUT2D eigenvalue weighted by Crippen LogP contribution is -2.40. The van der Waals surface area contributed by atoms with E-state index in [0.29, 0.717) is 53.5 Å². The van der Waals surface area contributed by atoms with E-state index in [1.807, 2.05) is 0 Å². The molecule has 3 rings (SSSR count). The van der Waals surface area contributed by atoms with Gasteiger partial charge in [0.15, 0.2) is 0 Å². The number of benzene rings is 2. The van der Waals surface area contributed by atoms with Crippen molar-refractivity contribution in [3.05, 3.63) is 62.8 Å².